The Morgan fingerprint density at radius 2 is 1.78 bits per heavy atom. The van der Waals surface area contributed by atoms with Gasteiger partial charge in [0.1, 0.15) is 11.4 Å². The summed E-state index contributed by atoms with van der Waals surface area (Å²) >= 11 is 0. The highest BCUT2D eigenvalue weighted by molar-refractivity contribution is 6.21. The van der Waals surface area contributed by atoms with Crippen LogP contribution in [-0.2, 0) is 14.3 Å². The smallest absolute Gasteiger partial charge is 0.341 e. The van der Waals surface area contributed by atoms with E-state index in [1.807, 2.05) is 0 Å². The van der Waals surface area contributed by atoms with Crippen molar-refractivity contribution in [3.63, 3.8) is 0 Å². The Hall–Kier alpha value is -1.97. The Morgan fingerprint density at radius 3 is 2.22 bits per heavy atom. The third kappa shape index (κ3) is 3.52. The topological polar surface area (TPSA) is 43.4 Å². The molecule has 18 heavy (non-hydrogen) atoms. The number of benzene rings is 1. The van der Waals surface area contributed by atoms with Crippen LogP contribution in [0, 0.1) is 11.7 Å². The molecule has 0 saturated carbocycles. The molecule has 0 aliphatic rings. The molecule has 0 N–H and O–H groups in total. The standard InChI is InChI=1S/C14H15FO3/c1-9(2)13(16)12(14(17)18-3)8-10-4-6-11(15)7-5-10/h4-9H,1-3H3/b12-8+. The molecule has 0 radical (unpaired) electrons. The summed E-state index contributed by atoms with van der Waals surface area (Å²) in [5.74, 6) is -1.66. The fraction of sp³-hybridized carbons (Fsp3) is 0.286. The van der Waals surface area contributed by atoms with Gasteiger partial charge in [-0.05, 0) is 23.8 Å². The highest BCUT2D eigenvalue weighted by Crippen LogP contribution is 2.14. The van der Waals surface area contributed by atoms with Gasteiger partial charge in [-0.15, -0.1) is 0 Å². The van der Waals surface area contributed by atoms with E-state index in [4.69, 9.17) is 0 Å². The molecule has 96 valence electrons. The van der Waals surface area contributed by atoms with E-state index in [9.17, 15) is 14.0 Å². The second-order valence-corrected chi connectivity index (χ2v) is 4.12. The number of carbonyl (C=O) groups is 2. The van der Waals surface area contributed by atoms with Crippen LogP contribution in [0.2, 0.25) is 0 Å². The van der Waals surface area contributed by atoms with Crippen molar-refractivity contribution in [2.24, 2.45) is 5.92 Å². The van der Waals surface area contributed by atoms with E-state index in [1.165, 1.54) is 37.5 Å². The van der Waals surface area contributed by atoms with Crippen molar-refractivity contribution in [2.45, 2.75) is 13.8 Å². The van der Waals surface area contributed by atoms with Gasteiger partial charge >= 0.3 is 5.97 Å². The molecular formula is C14H15FO3. The zero-order valence-electron chi connectivity index (χ0n) is 10.6. The number of hydrogen-bond donors (Lipinski definition) is 0. The molecule has 0 aromatic heterocycles. The molecular weight excluding hydrogens is 235 g/mol. The molecule has 0 atom stereocenters. The summed E-state index contributed by atoms with van der Waals surface area (Å²) in [6.07, 6.45) is 1.41. The lowest BCUT2D eigenvalue weighted by Gasteiger charge is -2.07. The van der Waals surface area contributed by atoms with Crippen molar-refractivity contribution in [2.75, 3.05) is 7.11 Å². The first-order valence-electron chi connectivity index (χ1n) is 5.55. The maximum absolute atomic E-state index is 12.8. The highest BCUT2D eigenvalue weighted by Gasteiger charge is 2.21. The first kappa shape index (κ1) is 14.1. The Balaban J connectivity index is 3.14. The molecule has 1 aromatic carbocycles. The summed E-state index contributed by atoms with van der Waals surface area (Å²) in [5.41, 5.74) is 0.546. The van der Waals surface area contributed by atoms with E-state index < -0.39 is 5.97 Å². The number of carbonyl (C=O) groups excluding carboxylic acids is 2. The molecule has 0 bridgehead atoms. The average Bonchev–Trinajstić information content (AvgIpc) is 2.36. The molecule has 0 amide bonds. The molecule has 0 fully saturated rings. The van der Waals surface area contributed by atoms with E-state index in [0.717, 1.165) is 0 Å². The van der Waals surface area contributed by atoms with Gasteiger partial charge in [0.15, 0.2) is 5.78 Å². The predicted molar refractivity (Wildman–Crippen MR) is 66.2 cm³/mol. The number of rotatable bonds is 4. The Kier molecular flexibility index (Phi) is 4.77. The molecule has 0 aliphatic heterocycles. The summed E-state index contributed by atoms with van der Waals surface area (Å²) in [4.78, 5) is 23.4. The van der Waals surface area contributed by atoms with Crippen LogP contribution in [0.25, 0.3) is 6.08 Å². The van der Waals surface area contributed by atoms with Gasteiger partial charge < -0.3 is 4.74 Å². The zero-order chi connectivity index (χ0) is 13.7. The molecule has 1 rings (SSSR count). The molecule has 0 unspecified atom stereocenters. The van der Waals surface area contributed by atoms with Crippen LogP contribution in [0.4, 0.5) is 4.39 Å². The lowest BCUT2D eigenvalue weighted by atomic mass is 9.99. The molecule has 0 aliphatic carbocycles. The van der Waals surface area contributed by atoms with Gasteiger partial charge in [-0.1, -0.05) is 26.0 Å². The predicted octanol–water partition coefficient (Wildman–Crippen LogP) is 2.61. The average molecular weight is 250 g/mol. The fourth-order valence-electron chi connectivity index (χ4n) is 1.38. The second-order valence-electron chi connectivity index (χ2n) is 4.12. The van der Waals surface area contributed by atoms with Gasteiger partial charge in [0.2, 0.25) is 0 Å². The summed E-state index contributed by atoms with van der Waals surface area (Å²) in [6.45, 7) is 3.40. The molecule has 1 aromatic rings. The fourth-order valence-corrected chi connectivity index (χ4v) is 1.38. The lowest BCUT2D eigenvalue weighted by Crippen LogP contribution is -2.18. The van der Waals surface area contributed by atoms with Gasteiger partial charge in [-0.3, -0.25) is 4.79 Å². The summed E-state index contributed by atoms with van der Waals surface area (Å²) in [6, 6.07) is 5.51. The molecule has 0 heterocycles. The second kappa shape index (κ2) is 6.10. The van der Waals surface area contributed by atoms with Gasteiger partial charge in [0, 0.05) is 5.92 Å². The largest absolute Gasteiger partial charge is 0.465 e. The molecule has 3 nitrogen and oxygen atoms in total. The van der Waals surface area contributed by atoms with Crippen molar-refractivity contribution in [1.29, 1.82) is 0 Å². The van der Waals surface area contributed by atoms with Crippen molar-refractivity contribution in [1.82, 2.24) is 0 Å². The van der Waals surface area contributed by atoms with Crippen molar-refractivity contribution in [3.8, 4) is 0 Å². The summed E-state index contributed by atoms with van der Waals surface area (Å²) in [7, 11) is 1.22. The van der Waals surface area contributed by atoms with Crippen LogP contribution in [0.3, 0.4) is 0 Å². The van der Waals surface area contributed by atoms with Gasteiger partial charge in [0.25, 0.3) is 0 Å². The zero-order valence-corrected chi connectivity index (χ0v) is 10.6. The van der Waals surface area contributed by atoms with Crippen LogP contribution in [0.15, 0.2) is 29.8 Å². The number of ketones is 1. The van der Waals surface area contributed by atoms with Crippen LogP contribution < -0.4 is 0 Å². The third-order valence-electron chi connectivity index (χ3n) is 2.38. The third-order valence-corrected chi connectivity index (χ3v) is 2.38. The number of Topliss-reactive ketones (excluding diaryl/α,β-unsaturated/α-hetero) is 1. The van der Waals surface area contributed by atoms with Crippen LogP contribution >= 0.6 is 0 Å². The molecule has 0 saturated heterocycles. The van der Waals surface area contributed by atoms with Gasteiger partial charge in [-0.25, -0.2) is 9.18 Å². The van der Waals surface area contributed by atoms with Crippen LogP contribution in [-0.4, -0.2) is 18.9 Å². The number of hydrogen-bond acceptors (Lipinski definition) is 3. The van der Waals surface area contributed by atoms with Crippen LogP contribution in [0.5, 0.6) is 0 Å². The van der Waals surface area contributed by atoms with E-state index in [0.29, 0.717) is 5.56 Å². The maximum atomic E-state index is 12.8. The normalized spacial score (nSPS) is 11.5. The molecule has 4 heteroatoms. The van der Waals surface area contributed by atoms with E-state index >= 15 is 0 Å². The molecule has 0 spiro atoms. The number of ether oxygens (including phenoxy) is 1. The summed E-state index contributed by atoms with van der Waals surface area (Å²) in [5, 5.41) is 0. The lowest BCUT2D eigenvalue weighted by molar-refractivity contribution is -0.138. The van der Waals surface area contributed by atoms with Crippen molar-refractivity contribution in [3.05, 3.63) is 41.2 Å². The minimum Gasteiger partial charge on any atom is -0.465 e. The Bertz CT molecular complexity index is 472. The number of methoxy groups -OCH3 is 1. The monoisotopic (exact) mass is 250 g/mol. The van der Waals surface area contributed by atoms with E-state index in [-0.39, 0.29) is 23.1 Å². The van der Waals surface area contributed by atoms with Crippen molar-refractivity contribution >= 4 is 17.8 Å². The minimum absolute atomic E-state index is 0.0286. The minimum atomic E-state index is -0.682. The quantitative estimate of drug-likeness (QED) is 0.357. The maximum Gasteiger partial charge on any atom is 0.341 e. The van der Waals surface area contributed by atoms with Gasteiger partial charge in [0.05, 0.1) is 7.11 Å². The van der Waals surface area contributed by atoms with Gasteiger partial charge in [-0.2, -0.15) is 0 Å². The highest BCUT2D eigenvalue weighted by atomic mass is 19.1. The summed E-state index contributed by atoms with van der Waals surface area (Å²) < 4.78 is 17.3. The van der Waals surface area contributed by atoms with E-state index in [1.54, 1.807) is 13.8 Å². The van der Waals surface area contributed by atoms with Crippen molar-refractivity contribution < 1.29 is 18.7 Å². The van der Waals surface area contributed by atoms with Crippen LogP contribution in [0.1, 0.15) is 19.4 Å². The number of halogens is 1. The Labute approximate surface area is 105 Å². The first-order chi connectivity index (χ1) is 8.45. The first-order valence-corrected chi connectivity index (χ1v) is 5.55. The number of esters is 1. The SMILES string of the molecule is COC(=O)/C(=C/c1ccc(F)cc1)C(=O)C(C)C. The Morgan fingerprint density at radius 1 is 1.22 bits per heavy atom. The van der Waals surface area contributed by atoms with E-state index in [2.05, 4.69) is 4.74 Å².